The summed E-state index contributed by atoms with van der Waals surface area (Å²) in [5.41, 5.74) is 0. The number of amides is 1. The van der Waals surface area contributed by atoms with E-state index in [1.54, 1.807) is 21.3 Å². The fourth-order valence-electron chi connectivity index (χ4n) is 1.28. The Hall–Kier alpha value is -0.0831. The predicted molar refractivity (Wildman–Crippen MR) is 67.7 cm³/mol. The zero-order chi connectivity index (χ0) is 12.4. The van der Waals surface area contributed by atoms with E-state index in [2.05, 4.69) is 17.9 Å². The van der Waals surface area contributed by atoms with Crippen molar-refractivity contribution >= 4 is 27.3 Å². The smallest absolute Gasteiger partial charge is 0.377 e. The van der Waals surface area contributed by atoms with Gasteiger partial charge in [0.1, 0.15) is 0 Å². The molecule has 0 aromatic rings. The number of nitrogens with one attached hydrogen (secondary N) is 1. The third-order valence-corrected chi connectivity index (χ3v) is 5.31. The lowest BCUT2D eigenvalue weighted by atomic mass is 10.4. The first kappa shape index (κ1) is 15.9. The molecule has 7 heteroatoms. The van der Waals surface area contributed by atoms with E-state index in [1.807, 2.05) is 0 Å². The van der Waals surface area contributed by atoms with E-state index in [-0.39, 0.29) is 5.91 Å². The summed E-state index contributed by atoms with van der Waals surface area (Å²) >= 11 is 3.98. The van der Waals surface area contributed by atoms with E-state index in [0.29, 0.717) is 24.8 Å². The first-order valence-corrected chi connectivity index (χ1v) is 7.73. The highest BCUT2D eigenvalue weighted by atomic mass is 32.1. The zero-order valence-electron chi connectivity index (χ0n) is 10.1. The highest BCUT2D eigenvalue weighted by Gasteiger charge is 2.36. The molecule has 1 amide bonds. The molecule has 96 valence electrons. The maximum absolute atomic E-state index is 11.1. The Morgan fingerprint density at radius 3 is 2.25 bits per heavy atom. The number of rotatable bonds is 9. The third-order valence-electron chi connectivity index (χ3n) is 2.25. The molecular formula is C9H21NO4SSi. The number of thiol groups is 1. The van der Waals surface area contributed by atoms with Crippen LogP contribution in [0.4, 0.5) is 0 Å². The topological polar surface area (TPSA) is 56.8 Å². The molecule has 0 radical (unpaired) electrons. The summed E-state index contributed by atoms with van der Waals surface area (Å²) in [7, 11) is 2.27. The SMILES string of the molecule is CO[Si](CCCNC(=O)CCS)(OC)OC. The first-order valence-electron chi connectivity index (χ1n) is 5.17. The maximum atomic E-state index is 11.1. The number of carbonyl (C=O) groups excluding carboxylic acids is 1. The minimum absolute atomic E-state index is 0.0227. The predicted octanol–water partition coefficient (Wildman–Crippen LogP) is 0.691. The van der Waals surface area contributed by atoms with Crippen LogP contribution in [0, 0.1) is 0 Å². The number of hydrogen-bond acceptors (Lipinski definition) is 5. The van der Waals surface area contributed by atoms with E-state index in [1.165, 1.54) is 0 Å². The maximum Gasteiger partial charge on any atom is 0.500 e. The highest BCUT2D eigenvalue weighted by molar-refractivity contribution is 7.80. The van der Waals surface area contributed by atoms with Gasteiger partial charge in [-0.25, -0.2) is 0 Å². The van der Waals surface area contributed by atoms with Crippen molar-refractivity contribution in [2.24, 2.45) is 0 Å². The Morgan fingerprint density at radius 2 is 1.81 bits per heavy atom. The van der Waals surface area contributed by atoms with Crippen molar-refractivity contribution in [3.63, 3.8) is 0 Å². The molecule has 0 atom stereocenters. The van der Waals surface area contributed by atoms with Gasteiger partial charge in [0, 0.05) is 40.3 Å². The van der Waals surface area contributed by atoms with Gasteiger partial charge >= 0.3 is 8.80 Å². The van der Waals surface area contributed by atoms with Crippen LogP contribution in [-0.4, -0.2) is 48.3 Å². The summed E-state index contributed by atoms with van der Waals surface area (Å²) in [6.45, 7) is 0.609. The second-order valence-electron chi connectivity index (χ2n) is 3.22. The molecule has 0 fully saturated rings. The summed E-state index contributed by atoms with van der Waals surface area (Å²) in [5.74, 6) is 0.591. The molecule has 0 heterocycles. The van der Waals surface area contributed by atoms with Gasteiger partial charge in [0.25, 0.3) is 0 Å². The second-order valence-corrected chi connectivity index (χ2v) is 6.76. The van der Waals surface area contributed by atoms with Gasteiger partial charge in [0.05, 0.1) is 0 Å². The Bertz CT molecular complexity index is 194. The monoisotopic (exact) mass is 267 g/mol. The Kier molecular flexibility index (Phi) is 8.95. The van der Waals surface area contributed by atoms with Crippen molar-refractivity contribution in [3.05, 3.63) is 0 Å². The molecular weight excluding hydrogens is 246 g/mol. The fourth-order valence-corrected chi connectivity index (χ4v) is 3.20. The van der Waals surface area contributed by atoms with Crippen molar-refractivity contribution in [1.29, 1.82) is 0 Å². The zero-order valence-corrected chi connectivity index (χ0v) is 12.0. The van der Waals surface area contributed by atoms with Crippen molar-refractivity contribution in [1.82, 2.24) is 5.32 Å². The largest absolute Gasteiger partial charge is 0.500 e. The van der Waals surface area contributed by atoms with Gasteiger partial charge in [-0.05, 0) is 12.2 Å². The molecule has 0 aromatic carbocycles. The van der Waals surface area contributed by atoms with Crippen LogP contribution >= 0.6 is 12.6 Å². The summed E-state index contributed by atoms with van der Waals surface area (Å²) in [4.78, 5) is 11.1. The van der Waals surface area contributed by atoms with Crippen LogP contribution in [-0.2, 0) is 18.1 Å². The van der Waals surface area contributed by atoms with Gasteiger partial charge in [-0.1, -0.05) is 0 Å². The minimum atomic E-state index is -2.47. The second kappa shape index (κ2) is 9.00. The van der Waals surface area contributed by atoms with Gasteiger partial charge in [0.15, 0.2) is 0 Å². The Balaban J connectivity index is 3.74. The molecule has 0 aliphatic carbocycles. The van der Waals surface area contributed by atoms with Crippen molar-refractivity contribution in [3.8, 4) is 0 Å². The molecule has 0 aromatic heterocycles. The summed E-state index contributed by atoms with van der Waals surface area (Å²) in [6.07, 6.45) is 1.23. The van der Waals surface area contributed by atoms with Crippen molar-refractivity contribution < 1.29 is 18.1 Å². The van der Waals surface area contributed by atoms with Gasteiger partial charge < -0.3 is 18.6 Å². The van der Waals surface area contributed by atoms with Crippen molar-refractivity contribution in [2.45, 2.75) is 18.9 Å². The fraction of sp³-hybridized carbons (Fsp3) is 0.889. The van der Waals surface area contributed by atoms with Crippen LogP contribution in [0.5, 0.6) is 0 Å². The van der Waals surface area contributed by atoms with E-state index in [0.717, 1.165) is 6.42 Å². The molecule has 0 unspecified atom stereocenters. The van der Waals surface area contributed by atoms with Gasteiger partial charge in [-0.2, -0.15) is 12.6 Å². The first-order chi connectivity index (χ1) is 7.64. The van der Waals surface area contributed by atoms with Gasteiger partial charge in [0.2, 0.25) is 5.91 Å². The van der Waals surface area contributed by atoms with E-state index < -0.39 is 8.80 Å². The van der Waals surface area contributed by atoms with E-state index >= 15 is 0 Å². The quantitative estimate of drug-likeness (QED) is 0.367. The third kappa shape index (κ3) is 5.85. The Labute approximate surface area is 104 Å². The van der Waals surface area contributed by atoms with Crippen LogP contribution in [0.2, 0.25) is 6.04 Å². The summed E-state index contributed by atoms with van der Waals surface area (Å²) in [6, 6.07) is 0.692. The average molecular weight is 267 g/mol. The lowest BCUT2D eigenvalue weighted by molar-refractivity contribution is -0.120. The lowest BCUT2D eigenvalue weighted by Gasteiger charge is -2.24. The van der Waals surface area contributed by atoms with E-state index in [4.69, 9.17) is 13.3 Å². The average Bonchev–Trinajstić information content (AvgIpc) is 2.31. The molecule has 5 nitrogen and oxygen atoms in total. The molecule has 0 saturated carbocycles. The molecule has 0 bridgehead atoms. The molecule has 0 saturated heterocycles. The standard InChI is InChI=1S/C9H21NO4SSi/c1-12-16(13-2,14-3)8-4-6-10-9(11)5-7-15/h15H,4-8H2,1-3H3,(H,10,11). The summed E-state index contributed by atoms with van der Waals surface area (Å²) in [5, 5.41) is 2.80. The van der Waals surface area contributed by atoms with Crippen LogP contribution in [0.1, 0.15) is 12.8 Å². The lowest BCUT2D eigenvalue weighted by Crippen LogP contribution is -2.43. The van der Waals surface area contributed by atoms with E-state index in [9.17, 15) is 4.79 Å². The molecule has 0 rings (SSSR count). The normalized spacial score (nSPS) is 11.5. The Morgan fingerprint density at radius 1 is 1.25 bits per heavy atom. The molecule has 0 aliphatic rings. The van der Waals surface area contributed by atoms with Crippen LogP contribution in [0.25, 0.3) is 0 Å². The van der Waals surface area contributed by atoms with Crippen LogP contribution in [0.3, 0.4) is 0 Å². The number of hydrogen-bond donors (Lipinski definition) is 2. The molecule has 16 heavy (non-hydrogen) atoms. The van der Waals surface area contributed by atoms with Crippen molar-refractivity contribution in [2.75, 3.05) is 33.6 Å². The molecule has 0 aliphatic heterocycles. The highest BCUT2D eigenvalue weighted by Crippen LogP contribution is 2.14. The van der Waals surface area contributed by atoms with Gasteiger partial charge in [-0.15, -0.1) is 0 Å². The summed E-state index contributed by atoms with van der Waals surface area (Å²) < 4.78 is 15.8. The van der Waals surface area contributed by atoms with Gasteiger partial charge in [-0.3, -0.25) is 4.79 Å². The molecule has 0 spiro atoms. The van der Waals surface area contributed by atoms with Crippen LogP contribution in [0.15, 0.2) is 0 Å². The molecule has 1 N–H and O–H groups in total. The minimum Gasteiger partial charge on any atom is -0.377 e. The number of carbonyl (C=O) groups is 1. The van der Waals surface area contributed by atoms with Crippen LogP contribution < -0.4 is 5.32 Å².